The second-order valence-electron chi connectivity index (χ2n) is 3.94. The van der Waals surface area contributed by atoms with Crippen LogP contribution >= 0.6 is 27.5 Å². The third-order valence-corrected chi connectivity index (χ3v) is 3.46. The van der Waals surface area contributed by atoms with Gasteiger partial charge in [-0.25, -0.2) is 8.78 Å². The Balaban J connectivity index is 2.31. The molecule has 0 aromatic heterocycles. The van der Waals surface area contributed by atoms with Crippen molar-refractivity contribution in [3.8, 4) is 0 Å². The standard InChI is InChI=1S/C14H8BrClF2O/c15-11-3-1-2-10(14(11)18)13(19)7-8-6-9(16)4-5-12(8)17/h1-6H,7H2. The minimum Gasteiger partial charge on any atom is -0.294 e. The molecule has 0 N–H and O–H groups in total. The van der Waals surface area contributed by atoms with E-state index in [9.17, 15) is 13.6 Å². The third kappa shape index (κ3) is 3.19. The SMILES string of the molecule is O=C(Cc1cc(Cl)ccc1F)c1cccc(Br)c1F. The molecule has 0 amide bonds. The van der Waals surface area contributed by atoms with Crippen molar-refractivity contribution in [3.05, 3.63) is 68.7 Å². The van der Waals surface area contributed by atoms with Crippen LogP contribution < -0.4 is 0 Å². The molecule has 2 aromatic carbocycles. The Morgan fingerprint density at radius 2 is 1.95 bits per heavy atom. The number of hydrogen-bond acceptors (Lipinski definition) is 1. The lowest BCUT2D eigenvalue weighted by Crippen LogP contribution is -2.08. The number of rotatable bonds is 3. The molecule has 0 aliphatic rings. The molecular formula is C14H8BrClF2O. The number of carbonyl (C=O) groups excluding carboxylic acids is 1. The normalized spacial score (nSPS) is 10.5. The fourth-order valence-electron chi connectivity index (χ4n) is 1.67. The molecule has 2 rings (SSSR count). The second kappa shape index (κ2) is 5.80. The molecule has 0 unspecified atom stereocenters. The minimum absolute atomic E-state index is 0.0752. The molecule has 0 aliphatic carbocycles. The van der Waals surface area contributed by atoms with Crippen LogP contribution in [0.2, 0.25) is 5.02 Å². The maximum absolute atomic E-state index is 13.7. The zero-order valence-corrected chi connectivity index (χ0v) is 11.9. The molecular weight excluding hydrogens is 338 g/mol. The zero-order valence-electron chi connectivity index (χ0n) is 9.59. The van der Waals surface area contributed by atoms with Crippen molar-refractivity contribution in [2.75, 3.05) is 0 Å². The maximum Gasteiger partial charge on any atom is 0.170 e. The van der Waals surface area contributed by atoms with Crippen LogP contribution in [0.5, 0.6) is 0 Å². The summed E-state index contributed by atoms with van der Waals surface area (Å²) in [5.74, 6) is -1.68. The Morgan fingerprint density at radius 1 is 1.21 bits per heavy atom. The first-order chi connectivity index (χ1) is 8.99. The van der Waals surface area contributed by atoms with Crippen molar-refractivity contribution in [2.45, 2.75) is 6.42 Å². The summed E-state index contributed by atoms with van der Waals surface area (Å²) in [5.41, 5.74) is 0.0747. The van der Waals surface area contributed by atoms with E-state index in [0.29, 0.717) is 5.02 Å². The predicted molar refractivity (Wildman–Crippen MR) is 73.5 cm³/mol. The average molecular weight is 346 g/mol. The monoisotopic (exact) mass is 344 g/mol. The molecule has 0 spiro atoms. The molecule has 0 fully saturated rings. The van der Waals surface area contributed by atoms with Gasteiger partial charge in [0.25, 0.3) is 0 Å². The number of Topliss-reactive ketones (excluding diaryl/α,β-unsaturated/α-hetero) is 1. The van der Waals surface area contributed by atoms with Gasteiger partial charge < -0.3 is 0 Å². The van der Waals surface area contributed by atoms with Crippen molar-refractivity contribution >= 4 is 33.3 Å². The average Bonchev–Trinajstić information content (AvgIpc) is 2.37. The van der Waals surface area contributed by atoms with Crippen molar-refractivity contribution in [2.24, 2.45) is 0 Å². The van der Waals surface area contributed by atoms with Gasteiger partial charge in [-0.1, -0.05) is 17.7 Å². The van der Waals surface area contributed by atoms with Gasteiger partial charge in [0, 0.05) is 11.4 Å². The summed E-state index contributed by atoms with van der Waals surface area (Å²) in [4.78, 5) is 12.0. The molecule has 98 valence electrons. The number of halogens is 4. The molecule has 0 saturated heterocycles. The highest BCUT2D eigenvalue weighted by Gasteiger charge is 2.16. The van der Waals surface area contributed by atoms with Crippen molar-refractivity contribution < 1.29 is 13.6 Å². The second-order valence-corrected chi connectivity index (χ2v) is 5.23. The summed E-state index contributed by atoms with van der Waals surface area (Å²) in [5, 5.41) is 0.332. The molecule has 0 saturated carbocycles. The molecule has 0 aliphatic heterocycles. The third-order valence-electron chi connectivity index (χ3n) is 2.61. The molecule has 19 heavy (non-hydrogen) atoms. The highest BCUT2D eigenvalue weighted by Crippen LogP contribution is 2.21. The quantitative estimate of drug-likeness (QED) is 0.730. The van der Waals surface area contributed by atoms with Gasteiger partial charge in [0.1, 0.15) is 11.6 Å². The van der Waals surface area contributed by atoms with Crippen LogP contribution in [0.1, 0.15) is 15.9 Å². The molecule has 2 aromatic rings. The van der Waals surface area contributed by atoms with E-state index >= 15 is 0 Å². The van der Waals surface area contributed by atoms with E-state index < -0.39 is 17.4 Å². The Hall–Kier alpha value is -1.26. The van der Waals surface area contributed by atoms with E-state index in [1.807, 2.05) is 0 Å². The molecule has 0 radical (unpaired) electrons. The van der Waals surface area contributed by atoms with E-state index in [-0.39, 0.29) is 22.0 Å². The van der Waals surface area contributed by atoms with Crippen molar-refractivity contribution in [1.82, 2.24) is 0 Å². The largest absolute Gasteiger partial charge is 0.294 e. The summed E-state index contributed by atoms with van der Waals surface area (Å²) in [6, 6.07) is 8.35. The van der Waals surface area contributed by atoms with E-state index in [0.717, 1.165) is 0 Å². The lowest BCUT2D eigenvalue weighted by Gasteiger charge is -2.05. The lowest BCUT2D eigenvalue weighted by molar-refractivity contribution is 0.0988. The van der Waals surface area contributed by atoms with Gasteiger partial charge in [-0.15, -0.1) is 0 Å². The van der Waals surface area contributed by atoms with Crippen LogP contribution in [0, 0.1) is 11.6 Å². The van der Waals surface area contributed by atoms with Crippen molar-refractivity contribution in [3.63, 3.8) is 0 Å². The highest BCUT2D eigenvalue weighted by molar-refractivity contribution is 9.10. The topological polar surface area (TPSA) is 17.1 Å². The van der Waals surface area contributed by atoms with Crippen molar-refractivity contribution in [1.29, 1.82) is 0 Å². The van der Waals surface area contributed by atoms with Crippen LogP contribution in [0.15, 0.2) is 40.9 Å². The number of ketones is 1. The van der Waals surface area contributed by atoms with Crippen LogP contribution in [0.4, 0.5) is 8.78 Å². The fourth-order valence-corrected chi connectivity index (χ4v) is 2.23. The summed E-state index contributed by atoms with van der Waals surface area (Å²) < 4.78 is 27.5. The highest BCUT2D eigenvalue weighted by atomic mass is 79.9. The molecule has 1 nitrogen and oxygen atoms in total. The smallest absolute Gasteiger partial charge is 0.170 e. The van der Waals surface area contributed by atoms with Gasteiger partial charge in [0.2, 0.25) is 0 Å². The Kier molecular flexibility index (Phi) is 4.32. The van der Waals surface area contributed by atoms with Crippen LogP contribution in [0.3, 0.4) is 0 Å². The zero-order chi connectivity index (χ0) is 14.0. The summed E-state index contributed by atoms with van der Waals surface area (Å²) in [7, 11) is 0. The Labute approximate surface area is 122 Å². The van der Waals surface area contributed by atoms with E-state index in [2.05, 4.69) is 15.9 Å². The van der Waals surface area contributed by atoms with Crippen LogP contribution in [0.25, 0.3) is 0 Å². The van der Waals surface area contributed by atoms with Crippen LogP contribution in [-0.4, -0.2) is 5.78 Å². The van der Waals surface area contributed by atoms with Gasteiger partial charge in [-0.3, -0.25) is 4.79 Å². The first-order valence-corrected chi connectivity index (χ1v) is 6.57. The van der Waals surface area contributed by atoms with E-state index in [1.54, 1.807) is 6.07 Å². The first kappa shape index (κ1) is 14.2. The van der Waals surface area contributed by atoms with Gasteiger partial charge in [-0.2, -0.15) is 0 Å². The van der Waals surface area contributed by atoms with Gasteiger partial charge in [-0.05, 0) is 51.8 Å². The molecule has 0 bridgehead atoms. The lowest BCUT2D eigenvalue weighted by atomic mass is 10.0. The number of hydrogen-bond donors (Lipinski definition) is 0. The Bertz CT molecular complexity index is 643. The van der Waals surface area contributed by atoms with E-state index in [1.165, 1.54) is 30.3 Å². The van der Waals surface area contributed by atoms with E-state index in [4.69, 9.17) is 11.6 Å². The summed E-state index contributed by atoms with van der Waals surface area (Å²) >= 11 is 8.75. The summed E-state index contributed by atoms with van der Waals surface area (Å²) in [6.07, 6.45) is -0.236. The van der Waals surface area contributed by atoms with Gasteiger partial charge >= 0.3 is 0 Å². The predicted octanol–water partition coefficient (Wildman–Crippen LogP) is 4.81. The first-order valence-electron chi connectivity index (χ1n) is 5.40. The van der Waals surface area contributed by atoms with Gasteiger partial charge in [0.15, 0.2) is 5.78 Å². The molecule has 0 atom stereocenters. The molecule has 0 heterocycles. The van der Waals surface area contributed by atoms with Gasteiger partial charge in [0.05, 0.1) is 10.0 Å². The summed E-state index contributed by atoms with van der Waals surface area (Å²) in [6.45, 7) is 0. The number of carbonyl (C=O) groups is 1. The Morgan fingerprint density at radius 3 is 2.68 bits per heavy atom. The minimum atomic E-state index is -0.644. The molecule has 5 heteroatoms. The van der Waals surface area contributed by atoms with Crippen LogP contribution in [-0.2, 0) is 6.42 Å². The fraction of sp³-hybridized carbons (Fsp3) is 0.0714. The number of benzene rings is 2. The maximum atomic E-state index is 13.7.